The third kappa shape index (κ3) is 3.53. The molecular formula is C16H12FN3OS. The fourth-order valence-corrected chi connectivity index (χ4v) is 2.76. The Hall–Kier alpha value is -2.60. The first-order valence-corrected chi connectivity index (χ1v) is 7.43. The number of hydrogen-bond donors (Lipinski definition) is 1. The van der Waals surface area contributed by atoms with Crippen LogP contribution in [0.4, 0.5) is 9.52 Å². The second-order valence-corrected chi connectivity index (χ2v) is 5.74. The van der Waals surface area contributed by atoms with Gasteiger partial charge in [-0.15, -0.1) is 11.3 Å². The predicted octanol–water partition coefficient (Wildman–Crippen LogP) is 3.52. The van der Waals surface area contributed by atoms with Crippen LogP contribution >= 0.6 is 11.3 Å². The minimum atomic E-state index is -0.252. The molecule has 0 aliphatic heterocycles. The van der Waals surface area contributed by atoms with E-state index >= 15 is 0 Å². The lowest BCUT2D eigenvalue weighted by Gasteiger charge is -2.00. The largest absolute Gasteiger partial charge is 0.298 e. The lowest BCUT2D eigenvalue weighted by Crippen LogP contribution is -2.11. The van der Waals surface area contributed by atoms with E-state index in [1.54, 1.807) is 42.9 Å². The van der Waals surface area contributed by atoms with E-state index in [1.807, 2.05) is 0 Å². The number of benzene rings is 1. The molecule has 0 spiro atoms. The highest BCUT2D eigenvalue weighted by Crippen LogP contribution is 2.21. The summed E-state index contributed by atoms with van der Waals surface area (Å²) >= 11 is 1.40. The first-order valence-electron chi connectivity index (χ1n) is 6.61. The number of anilines is 1. The molecule has 0 bridgehead atoms. The lowest BCUT2D eigenvalue weighted by molar-refractivity contribution is 0.102. The number of carbonyl (C=O) groups excluding carboxylic acids is 1. The summed E-state index contributed by atoms with van der Waals surface area (Å²) in [4.78, 5) is 21.1. The first kappa shape index (κ1) is 14.3. The molecule has 22 heavy (non-hydrogen) atoms. The van der Waals surface area contributed by atoms with Gasteiger partial charge in [0.05, 0.1) is 0 Å². The summed E-state index contributed by atoms with van der Waals surface area (Å²) in [6.07, 6.45) is 5.51. The van der Waals surface area contributed by atoms with Gasteiger partial charge in [-0.1, -0.05) is 12.1 Å². The maximum atomic E-state index is 12.9. The molecule has 1 amide bonds. The number of hydrogen-bond acceptors (Lipinski definition) is 4. The van der Waals surface area contributed by atoms with Gasteiger partial charge < -0.3 is 0 Å². The summed E-state index contributed by atoms with van der Waals surface area (Å²) in [6, 6.07) is 9.63. The number of thiazole rings is 1. The Morgan fingerprint density at radius 1 is 1.14 bits per heavy atom. The maximum absolute atomic E-state index is 12.9. The molecule has 0 fully saturated rings. The van der Waals surface area contributed by atoms with Gasteiger partial charge in [-0.2, -0.15) is 0 Å². The molecule has 0 aliphatic rings. The topological polar surface area (TPSA) is 54.9 Å². The Bertz CT molecular complexity index is 772. The van der Waals surface area contributed by atoms with Crippen LogP contribution in [0.25, 0.3) is 0 Å². The van der Waals surface area contributed by atoms with Crippen LogP contribution in [-0.4, -0.2) is 15.9 Å². The molecule has 3 rings (SSSR count). The first-order chi connectivity index (χ1) is 10.7. The van der Waals surface area contributed by atoms with E-state index in [0.29, 0.717) is 17.1 Å². The number of halogens is 1. The highest BCUT2D eigenvalue weighted by atomic mass is 32.1. The van der Waals surface area contributed by atoms with Crippen LogP contribution in [0.1, 0.15) is 20.8 Å². The Morgan fingerprint density at radius 2 is 1.86 bits per heavy atom. The number of carbonyl (C=O) groups is 1. The summed E-state index contributed by atoms with van der Waals surface area (Å²) < 4.78 is 12.9. The van der Waals surface area contributed by atoms with Crippen LogP contribution in [0, 0.1) is 5.82 Å². The molecule has 2 heterocycles. The van der Waals surface area contributed by atoms with Crippen molar-refractivity contribution < 1.29 is 9.18 Å². The number of pyridine rings is 1. The van der Waals surface area contributed by atoms with Crippen molar-refractivity contribution in [1.29, 1.82) is 0 Å². The highest BCUT2D eigenvalue weighted by Gasteiger charge is 2.09. The summed E-state index contributed by atoms with van der Waals surface area (Å²) in [6.45, 7) is 0. The highest BCUT2D eigenvalue weighted by molar-refractivity contribution is 7.15. The molecule has 2 aromatic heterocycles. The van der Waals surface area contributed by atoms with Gasteiger partial charge in [0.25, 0.3) is 5.91 Å². The molecule has 0 saturated heterocycles. The molecule has 110 valence electrons. The SMILES string of the molecule is O=C(Nc1ncc(Cc2ccc(F)cc2)s1)c1ccncc1. The molecule has 3 aromatic rings. The second-order valence-electron chi connectivity index (χ2n) is 4.62. The average Bonchev–Trinajstić information content (AvgIpc) is 2.97. The smallest absolute Gasteiger partial charge is 0.257 e. The van der Waals surface area contributed by atoms with Gasteiger partial charge in [0.1, 0.15) is 5.82 Å². The molecule has 1 aromatic carbocycles. The van der Waals surface area contributed by atoms with Gasteiger partial charge in [-0.3, -0.25) is 15.1 Å². The van der Waals surface area contributed by atoms with Gasteiger partial charge in [-0.25, -0.2) is 9.37 Å². The molecule has 0 aliphatic carbocycles. The fourth-order valence-electron chi connectivity index (χ4n) is 1.92. The standard InChI is InChI=1S/C16H12FN3OS/c17-13-3-1-11(2-4-13)9-14-10-19-16(22-14)20-15(21)12-5-7-18-8-6-12/h1-8,10H,9H2,(H,19,20,21). The van der Waals surface area contributed by atoms with Crippen molar-refractivity contribution in [2.45, 2.75) is 6.42 Å². The molecule has 1 N–H and O–H groups in total. The van der Waals surface area contributed by atoms with Crippen molar-refractivity contribution in [3.05, 3.63) is 76.8 Å². The average molecular weight is 313 g/mol. The summed E-state index contributed by atoms with van der Waals surface area (Å²) in [7, 11) is 0. The maximum Gasteiger partial charge on any atom is 0.257 e. The normalized spacial score (nSPS) is 10.4. The van der Waals surface area contributed by atoms with Crippen LogP contribution < -0.4 is 5.32 Å². The van der Waals surface area contributed by atoms with E-state index in [9.17, 15) is 9.18 Å². The van der Waals surface area contributed by atoms with Gasteiger partial charge in [0.2, 0.25) is 0 Å². The fraction of sp³-hybridized carbons (Fsp3) is 0.0625. The second kappa shape index (κ2) is 6.44. The number of nitrogens with one attached hydrogen (secondary N) is 1. The van der Waals surface area contributed by atoms with Crippen LogP contribution in [0.3, 0.4) is 0 Å². The lowest BCUT2D eigenvalue weighted by atomic mass is 10.1. The zero-order chi connectivity index (χ0) is 15.4. The number of amides is 1. The molecule has 6 heteroatoms. The van der Waals surface area contributed by atoms with Gasteiger partial charge in [0, 0.05) is 35.5 Å². The Balaban J connectivity index is 1.66. The minimum absolute atomic E-state index is 0.218. The molecular weight excluding hydrogens is 301 g/mol. The van der Waals surface area contributed by atoms with E-state index in [0.717, 1.165) is 10.4 Å². The minimum Gasteiger partial charge on any atom is -0.298 e. The van der Waals surface area contributed by atoms with Crippen molar-refractivity contribution in [2.75, 3.05) is 5.32 Å². The van der Waals surface area contributed by atoms with Crippen LogP contribution in [0.5, 0.6) is 0 Å². The summed E-state index contributed by atoms with van der Waals surface area (Å²) in [5.74, 6) is -0.469. The quantitative estimate of drug-likeness (QED) is 0.802. The molecule has 4 nitrogen and oxygen atoms in total. The Kier molecular flexibility index (Phi) is 4.20. The van der Waals surface area contributed by atoms with Crippen molar-refractivity contribution in [3.63, 3.8) is 0 Å². The zero-order valence-corrected chi connectivity index (χ0v) is 12.3. The van der Waals surface area contributed by atoms with Gasteiger partial charge >= 0.3 is 0 Å². The number of aromatic nitrogens is 2. The van der Waals surface area contributed by atoms with Crippen LogP contribution in [0.15, 0.2) is 55.0 Å². The molecule has 0 saturated carbocycles. The molecule has 0 atom stereocenters. The van der Waals surface area contributed by atoms with Crippen LogP contribution in [-0.2, 0) is 6.42 Å². The predicted molar refractivity (Wildman–Crippen MR) is 83.5 cm³/mol. The molecule has 0 radical (unpaired) electrons. The Morgan fingerprint density at radius 3 is 2.59 bits per heavy atom. The van der Waals surface area contributed by atoms with Crippen molar-refractivity contribution in [3.8, 4) is 0 Å². The monoisotopic (exact) mass is 313 g/mol. The van der Waals surface area contributed by atoms with Crippen LogP contribution in [0.2, 0.25) is 0 Å². The zero-order valence-electron chi connectivity index (χ0n) is 11.5. The van der Waals surface area contributed by atoms with E-state index in [4.69, 9.17) is 0 Å². The number of rotatable bonds is 4. The molecule has 0 unspecified atom stereocenters. The third-order valence-electron chi connectivity index (χ3n) is 3.01. The van der Waals surface area contributed by atoms with E-state index in [-0.39, 0.29) is 11.7 Å². The van der Waals surface area contributed by atoms with Crippen molar-refractivity contribution in [2.24, 2.45) is 0 Å². The number of nitrogens with zero attached hydrogens (tertiary/aromatic N) is 2. The van der Waals surface area contributed by atoms with Gasteiger partial charge in [-0.05, 0) is 29.8 Å². The van der Waals surface area contributed by atoms with E-state index in [2.05, 4.69) is 15.3 Å². The Labute approximate surface area is 130 Å². The van der Waals surface area contributed by atoms with Crippen molar-refractivity contribution in [1.82, 2.24) is 9.97 Å². The summed E-state index contributed by atoms with van der Waals surface area (Å²) in [5, 5.41) is 3.29. The van der Waals surface area contributed by atoms with Crippen molar-refractivity contribution >= 4 is 22.4 Å². The third-order valence-corrected chi connectivity index (χ3v) is 3.92. The van der Waals surface area contributed by atoms with Gasteiger partial charge in [0.15, 0.2) is 5.13 Å². The van der Waals surface area contributed by atoms with E-state index in [1.165, 1.54) is 23.5 Å². The van der Waals surface area contributed by atoms with E-state index < -0.39 is 0 Å². The summed E-state index contributed by atoms with van der Waals surface area (Å²) in [5.41, 5.74) is 1.53.